The highest BCUT2D eigenvalue weighted by atomic mass is 32.1. The topological polar surface area (TPSA) is 57.0 Å². The first-order valence-corrected chi connectivity index (χ1v) is 10.3. The minimum absolute atomic E-state index is 0.0586. The van der Waals surface area contributed by atoms with Crippen LogP contribution in [0.5, 0.6) is 0 Å². The third kappa shape index (κ3) is 3.18. The molecule has 4 nitrogen and oxygen atoms in total. The summed E-state index contributed by atoms with van der Waals surface area (Å²) < 4.78 is 0. The monoisotopic (exact) mass is 395 g/mol. The number of aromatic nitrogens is 1. The minimum Gasteiger partial charge on any atom is -0.334 e. The number of carbonyl (C=O) groups is 1. The molecule has 3 heterocycles. The Morgan fingerprint density at radius 3 is 2.79 bits per heavy atom. The fraction of sp³-hybridized carbons (Fsp3) is 0.125. The fourth-order valence-corrected chi connectivity index (χ4v) is 4.68. The summed E-state index contributed by atoms with van der Waals surface area (Å²) in [6, 6.07) is 24.1. The number of hydrogen-bond donors (Lipinski definition) is 0. The molecule has 0 N–H and O–H groups in total. The molecule has 0 saturated carbocycles. The number of para-hydroxylation sites is 1. The van der Waals surface area contributed by atoms with Gasteiger partial charge in [-0.3, -0.25) is 9.78 Å². The van der Waals surface area contributed by atoms with Crippen molar-refractivity contribution >= 4 is 28.1 Å². The van der Waals surface area contributed by atoms with E-state index in [1.165, 1.54) is 11.3 Å². The molecule has 140 valence electrons. The predicted octanol–water partition coefficient (Wildman–Crippen LogP) is 5.03. The van der Waals surface area contributed by atoms with E-state index >= 15 is 0 Å². The van der Waals surface area contributed by atoms with E-state index in [9.17, 15) is 4.79 Å². The summed E-state index contributed by atoms with van der Waals surface area (Å²) in [6.07, 6.45) is 0.720. The molecule has 5 rings (SSSR count). The standard InChI is InChI=1S/C24H17N3OS/c25-14-19-10-11-22(29-19)20-6-3-5-17-15-27(24(28)23(17)20)13-12-18-9-8-16-4-1-2-7-21(16)26-18/h1-11H,12-13,15H2. The Bertz CT molecular complexity index is 1280. The quantitative estimate of drug-likeness (QED) is 0.487. The highest BCUT2D eigenvalue weighted by Gasteiger charge is 2.30. The van der Waals surface area contributed by atoms with Gasteiger partial charge in [-0.05, 0) is 29.8 Å². The summed E-state index contributed by atoms with van der Waals surface area (Å²) in [6.45, 7) is 1.25. The van der Waals surface area contributed by atoms with Crippen LogP contribution in [-0.2, 0) is 13.0 Å². The molecule has 2 aromatic carbocycles. The molecule has 1 aliphatic heterocycles. The Morgan fingerprint density at radius 1 is 1.03 bits per heavy atom. The van der Waals surface area contributed by atoms with E-state index < -0.39 is 0 Å². The Morgan fingerprint density at radius 2 is 1.93 bits per heavy atom. The lowest BCUT2D eigenvalue weighted by atomic mass is 10.0. The van der Waals surface area contributed by atoms with Crippen LogP contribution in [0, 0.1) is 11.3 Å². The number of hydrogen-bond acceptors (Lipinski definition) is 4. The molecule has 4 aromatic rings. The van der Waals surface area contributed by atoms with Crippen molar-refractivity contribution in [3.05, 3.63) is 88.4 Å². The maximum Gasteiger partial charge on any atom is 0.255 e. The summed E-state index contributed by atoms with van der Waals surface area (Å²) in [5, 5.41) is 10.2. The highest BCUT2D eigenvalue weighted by molar-refractivity contribution is 7.16. The van der Waals surface area contributed by atoms with E-state index in [4.69, 9.17) is 10.2 Å². The zero-order chi connectivity index (χ0) is 19.8. The van der Waals surface area contributed by atoms with Crippen molar-refractivity contribution in [2.45, 2.75) is 13.0 Å². The van der Waals surface area contributed by atoms with Gasteiger partial charge in [-0.15, -0.1) is 11.3 Å². The van der Waals surface area contributed by atoms with Crippen LogP contribution in [0.2, 0.25) is 0 Å². The van der Waals surface area contributed by atoms with Crippen LogP contribution in [0.15, 0.2) is 66.7 Å². The molecule has 29 heavy (non-hydrogen) atoms. The third-order valence-corrected chi connectivity index (χ3v) is 6.31. The van der Waals surface area contributed by atoms with Gasteiger partial charge in [0.15, 0.2) is 0 Å². The van der Waals surface area contributed by atoms with Crippen molar-refractivity contribution in [3.8, 4) is 16.5 Å². The molecule has 0 saturated heterocycles. The average molecular weight is 395 g/mol. The first-order chi connectivity index (χ1) is 14.2. The van der Waals surface area contributed by atoms with Gasteiger partial charge in [0.2, 0.25) is 0 Å². The first-order valence-electron chi connectivity index (χ1n) is 9.49. The van der Waals surface area contributed by atoms with Crippen molar-refractivity contribution in [1.29, 1.82) is 5.26 Å². The first kappa shape index (κ1) is 17.6. The number of nitrogens with zero attached hydrogens (tertiary/aromatic N) is 3. The average Bonchev–Trinajstić information content (AvgIpc) is 3.37. The second-order valence-electron chi connectivity index (χ2n) is 7.09. The molecule has 1 aliphatic rings. The predicted molar refractivity (Wildman–Crippen MR) is 115 cm³/mol. The fourth-order valence-electron chi connectivity index (χ4n) is 3.85. The van der Waals surface area contributed by atoms with Gasteiger partial charge in [0.25, 0.3) is 5.91 Å². The summed E-state index contributed by atoms with van der Waals surface area (Å²) in [7, 11) is 0. The maximum absolute atomic E-state index is 13.1. The number of fused-ring (bicyclic) bond motifs is 2. The Kier molecular flexibility index (Phi) is 4.34. The van der Waals surface area contributed by atoms with Gasteiger partial charge >= 0.3 is 0 Å². The maximum atomic E-state index is 13.1. The highest BCUT2D eigenvalue weighted by Crippen LogP contribution is 2.36. The molecule has 0 aliphatic carbocycles. The second kappa shape index (κ2) is 7.16. The lowest BCUT2D eigenvalue weighted by Crippen LogP contribution is -2.26. The van der Waals surface area contributed by atoms with Crippen LogP contribution in [-0.4, -0.2) is 22.3 Å². The molecule has 0 unspecified atom stereocenters. The Labute approximate surface area is 172 Å². The van der Waals surface area contributed by atoms with Gasteiger partial charge in [0.05, 0.1) is 11.1 Å². The SMILES string of the molecule is N#Cc1ccc(-c2cccc3c2C(=O)N(CCc2ccc4ccccc4n2)C3)s1. The lowest BCUT2D eigenvalue weighted by molar-refractivity contribution is 0.0780. The van der Waals surface area contributed by atoms with Gasteiger partial charge in [-0.1, -0.05) is 42.5 Å². The lowest BCUT2D eigenvalue weighted by Gasteiger charge is -2.15. The van der Waals surface area contributed by atoms with Crippen molar-refractivity contribution < 1.29 is 4.79 Å². The molecule has 0 spiro atoms. The molecule has 5 heteroatoms. The van der Waals surface area contributed by atoms with Gasteiger partial charge in [0.1, 0.15) is 10.9 Å². The minimum atomic E-state index is 0.0586. The molecule has 0 bridgehead atoms. The molecule has 0 fully saturated rings. The normalized spacial score (nSPS) is 12.9. The molecule has 2 aromatic heterocycles. The number of amides is 1. The van der Waals surface area contributed by atoms with E-state index in [2.05, 4.69) is 18.2 Å². The third-order valence-electron chi connectivity index (χ3n) is 5.29. The van der Waals surface area contributed by atoms with E-state index in [1.807, 2.05) is 59.5 Å². The van der Waals surface area contributed by atoms with Gasteiger partial charge in [0, 0.05) is 41.0 Å². The van der Waals surface area contributed by atoms with Crippen LogP contribution in [0.4, 0.5) is 0 Å². The zero-order valence-corrected chi connectivity index (χ0v) is 16.4. The number of benzene rings is 2. The van der Waals surface area contributed by atoms with Crippen LogP contribution >= 0.6 is 11.3 Å². The smallest absolute Gasteiger partial charge is 0.255 e. The molecule has 1 amide bonds. The van der Waals surface area contributed by atoms with Crippen LogP contribution in [0.3, 0.4) is 0 Å². The van der Waals surface area contributed by atoms with E-state index in [1.54, 1.807) is 0 Å². The number of rotatable bonds is 4. The van der Waals surface area contributed by atoms with E-state index in [0.717, 1.165) is 44.6 Å². The Hall–Kier alpha value is -3.49. The van der Waals surface area contributed by atoms with Crippen LogP contribution in [0.1, 0.15) is 26.5 Å². The number of nitriles is 1. The van der Waals surface area contributed by atoms with Crippen molar-refractivity contribution in [1.82, 2.24) is 9.88 Å². The van der Waals surface area contributed by atoms with Crippen molar-refractivity contribution in [3.63, 3.8) is 0 Å². The zero-order valence-electron chi connectivity index (χ0n) is 15.6. The molecular formula is C24H17N3OS. The number of thiophene rings is 1. The van der Waals surface area contributed by atoms with E-state index in [0.29, 0.717) is 18.0 Å². The van der Waals surface area contributed by atoms with Gasteiger partial charge < -0.3 is 4.90 Å². The summed E-state index contributed by atoms with van der Waals surface area (Å²) in [5.74, 6) is 0.0586. The van der Waals surface area contributed by atoms with Gasteiger partial charge in [-0.25, -0.2) is 0 Å². The Balaban J connectivity index is 1.38. The van der Waals surface area contributed by atoms with Gasteiger partial charge in [-0.2, -0.15) is 5.26 Å². The molecule has 0 radical (unpaired) electrons. The summed E-state index contributed by atoms with van der Waals surface area (Å²) in [4.78, 5) is 21.4. The second-order valence-corrected chi connectivity index (χ2v) is 8.17. The van der Waals surface area contributed by atoms with Crippen LogP contribution in [0.25, 0.3) is 21.3 Å². The van der Waals surface area contributed by atoms with E-state index in [-0.39, 0.29) is 5.91 Å². The number of carbonyl (C=O) groups excluding carboxylic acids is 1. The molecule has 0 atom stereocenters. The van der Waals surface area contributed by atoms with Crippen molar-refractivity contribution in [2.24, 2.45) is 0 Å². The summed E-state index contributed by atoms with van der Waals surface area (Å²) >= 11 is 1.42. The number of pyridine rings is 1. The summed E-state index contributed by atoms with van der Waals surface area (Å²) in [5.41, 5.74) is 4.71. The molecular weight excluding hydrogens is 378 g/mol. The van der Waals surface area contributed by atoms with Crippen molar-refractivity contribution in [2.75, 3.05) is 6.54 Å². The van der Waals surface area contributed by atoms with Crippen LogP contribution < -0.4 is 0 Å². The largest absolute Gasteiger partial charge is 0.334 e.